The summed E-state index contributed by atoms with van der Waals surface area (Å²) in [5.41, 5.74) is 2.79. The lowest BCUT2D eigenvalue weighted by atomic mass is 9.98. The minimum absolute atomic E-state index is 0.508. The molecule has 1 aliphatic heterocycles. The van der Waals surface area contributed by atoms with Gasteiger partial charge in [-0.05, 0) is 44.4 Å². The van der Waals surface area contributed by atoms with Gasteiger partial charge in [-0.15, -0.1) is 0 Å². The molecule has 0 aromatic carbocycles. The maximum atomic E-state index is 5.78. The van der Waals surface area contributed by atoms with Crippen LogP contribution in [0.1, 0.15) is 49.9 Å². The first-order chi connectivity index (χ1) is 10.3. The normalized spacial score (nSPS) is 26.0. The summed E-state index contributed by atoms with van der Waals surface area (Å²) in [6, 6.07) is 0. The van der Waals surface area contributed by atoms with Gasteiger partial charge in [-0.1, -0.05) is 0 Å². The van der Waals surface area contributed by atoms with E-state index in [-0.39, 0.29) is 0 Å². The van der Waals surface area contributed by atoms with E-state index in [0.717, 1.165) is 38.1 Å². The van der Waals surface area contributed by atoms with E-state index in [9.17, 15) is 0 Å². The van der Waals surface area contributed by atoms with E-state index in [1.54, 1.807) is 0 Å². The molecule has 1 atom stereocenters. The molecule has 4 nitrogen and oxygen atoms in total. The van der Waals surface area contributed by atoms with E-state index < -0.39 is 0 Å². The highest BCUT2D eigenvalue weighted by molar-refractivity contribution is 5.22. The zero-order valence-corrected chi connectivity index (χ0v) is 13.1. The quantitative estimate of drug-likeness (QED) is 0.773. The molecule has 0 bridgehead atoms. The number of fused-ring (bicyclic) bond motifs is 1. The van der Waals surface area contributed by atoms with Crippen LogP contribution in [-0.2, 0) is 17.8 Å². The Bertz CT molecular complexity index is 490. The largest absolute Gasteiger partial charge is 0.381 e. The third kappa shape index (κ3) is 3.16. The van der Waals surface area contributed by atoms with Crippen molar-refractivity contribution in [3.63, 3.8) is 0 Å². The molecule has 116 valence electrons. The van der Waals surface area contributed by atoms with Gasteiger partial charge in [-0.2, -0.15) is 0 Å². The van der Waals surface area contributed by atoms with Gasteiger partial charge in [0.2, 0.25) is 0 Å². The van der Waals surface area contributed by atoms with E-state index in [1.165, 1.54) is 50.2 Å². The minimum atomic E-state index is 0.508. The van der Waals surface area contributed by atoms with E-state index in [0.29, 0.717) is 5.92 Å². The molecule has 0 amide bonds. The molecule has 0 spiro atoms. The summed E-state index contributed by atoms with van der Waals surface area (Å²) in [6.07, 6.45) is 7.74. The van der Waals surface area contributed by atoms with Crippen molar-refractivity contribution in [3.8, 4) is 0 Å². The molecule has 2 heterocycles. The van der Waals surface area contributed by atoms with Crippen LogP contribution in [0.25, 0.3) is 0 Å². The molecule has 21 heavy (non-hydrogen) atoms. The second-order valence-corrected chi connectivity index (χ2v) is 7.17. The van der Waals surface area contributed by atoms with Crippen molar-refractivity contribution in [1.82, 2.24) is 14.5 Å². The molecule has 0 saturated heterocycles. The molecule has 0 unspecified atom stereocenters. The molecule has 0 radical (unpaired) electrons. The Morgan fingerprint density at radius 1 is 1.19 bits per heavy atom. The Morgan fingerprint density at radius 2 is 1.95 bits per heavy atom. The van der Waals surface area contributed by atoms with E-state index in [2.05, 4.69) is 22.7 Å². The van der Waals surface area contributed by atoms with Crippen molar-refractivity contribution in [3.05, 3.63) is 17.7 Å². The van der Waals surface area contributed by atoms with Crippen LogP contribution in [-0.4, -0.2) is 40.8 Å². The van der Waals surface area contributed by atoms with Crippen LogP contribution in [0, 0.1) is 11.8 Å². The van der Waals surface area contributed by atoms with Crippen molar-refractivity contribution in [2.24, 2.45) is 11.8 Å². The summed E-state index contributed by atoms with van der Waals surface area (Å²) in [6.45, 7) is 8.39. The van der Waals surface area contributed by atoms with Gasteiger partial charge in [0.05, 0.1) is 18.6 Å². The predicted molar refractivity (Wildman–Crippen MR) is 82.2 cm³/mol. The van der Waals surface area contributed by atoms with Crippen molar-refractivity contribution < 1.29 is 4.74 Å². The highest BCUT2D eigenvalue weighted by Crippen LogP contribution is 2.36. The molecule has 2 aliphatic carbocycles. The Balaban J connectivity index is 1.53. The summed E-state index contributed by atoms with van der Waals surface area (Å²) >= 11 is 0. The molecule has 4 rings (SSSR count). The standard InChI is InChI=1S/C17H27N3O/c1-2-21-11-15-9-19(7-13-3-4-13)10-16-17(15)20(12-18-16)8-14-5-6-14/h12-15H,2-11H2,1H3/t15-/m0/s1. The predicted octanol–water partition coefficient (Wildman–Crippen LogP) is 2.64. The molecule has 4 heteroatoms. The van der Waals surface area contributed by atoms with Crippen molar-refractivity contribution in [2.75, 3.05) is 26.3 Å². The lowest BCUT2D eigenvalue weighted by molar-refractivity contribution is 0.102. The Morgan fingerprint density at radius 3 is 2.67 bits per heavy atom. The van der Waals surface area contributed by atoms with Gasteiger partial charge in [0, 0.05) is 44.4 Å². The summed E-state index contributed by atoms with van der Waals surface area (Å²) in [7, 11) is 0. The van der Waals surface area contributed by atoms with Crippen LogP contribution in [0.5, 0.6) is 0 Å². The van der Waals surface area contributed by atoms with Gasteiger partial charge < -0.3 is 9.30 Å². The highest BCUT2D eigenvalue weighted by Gasteiger charge is 2.34. The maximum absolute atomic E-state index is 5.78. The number of imidazole rings is 1. The summed E-state index contributed by atoms with van der Waals surface area (Å²) < 4.78 is 8.21. The number of aromatic nitrogens is 2. The van der Waals surface area contributed by atoms with E-state index >= 15 is 0 Å². The maximum Gasteiger partial charge on any atom is 0.0952 e. The van der Waals surface area contributed by atoms with Crippen LogP contribution < -0.4 is 0 Å². The van der Waals surface area contributed by atoms with Crippen molar-refractivity contribution in [2.45, 2.75) is 51.6 Å². The molecule has 1 aromatic rings. The van der Waals surface area contributed by atoms with Gasteiger partial charge in [0.15, 0.2) is 0 Å². The van der Waals surface area contributed by atoms with Crippen LogP contribution in [0.15, 0.2) is 6.33 Å². The second kappa shape index (κ2) is 5.73. The number of rotatable bonds is 7. The highest BCUT2D eigenvalue weighted by atomic mass is 16.5. The van der Waals surface area contributed by atoms with Crippen LogP contribution in [0.3, 0.4) is 0 Å². The van der Waals surface area contributed by atoms with Gasteiger partial charge >= 0.3 is 0 Å². The third-order valence-electron chi connectivity index (χ3n) is 5.09. The molecule has 2 fully saturated rings. The SMILES string of the molecule is CCOC[C@@H]1CN(CC2CC2)Cc2ncn(CC3CC3)c21. The number of hydrogen-bond acceptors (Lipinski definition) is 3. The van der Waals surface area contributed by atoms with E-state index in [1.807, 2.05) is 0 Å². The monoisotopic (exact) mass is 289 g/mol. The Labute approximate surface area is 127 Å². The third-order valence-corrected chi connectivity index (χ3v) is 5.09. The lowest BCUT2D eigenvalue weighted by Gasteiger charge is -2.33. The first-order valence-electron chi connectivity index (χ1n) is 8.67. The van der Waals surface area contributed by atoms with E-state index in [4.69, 9.17) is 9.72 Å². The second-order valence-electron chi connectivity index (χ2n) is 7.17. The Hall–Kier alpha value is -0.870. The molecule has 0 N–H and O–H groups in total. The number of nitrogens with zero attached hydrogens (tertiary/aromatic N) is 3. The summed E-state index contributed by atoms with van der Waals surface area (Å²) in [5.74, 6) is 2.36. The minimum Gasteiger partial charge on any atom is -0.381 e. The molecule has 2 saturated carbocycles. The lowest BCUT2D eigenvalue weighted by Crippen LogP contribution is -2.37. The molecular formula is C17H27N3O. The fourth-order valence-electron chi connectivity index (χ4n) is 3.62. The summed E-state index contributed by atoms with van der Waals surface area (Å²) in [5, 5.41) is 0. The summed E-state index contributed by atoms with van der Waals surface area (Å²) in [4.78, 5) is 7.35. The number of ether oxygens (including phenoxy) is 1. The van der Waals surface area contributed by atoms with Crippen LogP contribution in [0.2, 0.25) is 0 Å². The van der Waals surface area contributed by atoms with Crippen LogP contribution >= 0.6 is 0 Å². The fourth-order valence-corrected chi connectivity index (χ4v) is 3.62. The van der Waals surface area contributed by atoms with Gasteiger partial charge in [0.25, 0.3) is 0 Å². The molecular weight excluding hydrogens is 262 g/mol. The molecule has 1 aromatic heterocycles. The topological polar surface area (TPSA) is 30.3 Å². The van der Waals surface area contributed by atoms with Crippen molar-refractivity contribution in [1.29, 1.82) is 0 Å². The first-order valence-corrected chi connectivity index (χ1v) is 8.67. The average molecular weight is 289 g/mol. The smallest absolute Gasteiger partial charge is 0.0952 e. The van der Waals surface area contributed by atoms with Gasteiger partial charge in [0.1, 0.15) is 0 Å². The van der Waals surface area contributed by atoms with Crippen molar-refractivity contribution >= 4 is 0 Å². The molecule has 3 aliphatic rings. The van der Waals surface area contributed by atoms with Crippen LogP contribution in [0.4, 0.5) is 0 Å². The Kier molecular flexibility index (Phi) is 3.76. The zero-order valence-electron chi connectivity index (χ0n) is 13.1. The zero-order chi connectivity index (χ0) is 14.2. The van der Waals surface area contributed by atoms with Gasteiger partial charge in [-0.3, -0.25) is 4.90 Å². The number of hydrogen-bond donors (Lipinski definition) is 0. The average Bonchev–Trinajstić information content (AvgIpc) is 3.38. The fraction of sp³-hybridized carbons (Fsp3) is 0.824. The van der Waals surface area contributed by atoms with Gasteiger partial charge in [-0.25, -0.2) is 4.98 Å². The first kappa shape index (κ1) is 13.8.